The van der Waals surface area contributed by atoms with Crippen molar-refractivity contribution in [1.82, 2.24) is 0 Å². The predicted octanol–water partition coefficient (Wildman–Crippen LogP) is 2.65. The maximum Gasteiger partial charge on any atom is 0.107 e. The molecule has 0 spiro atoms. The number of hydrogen-bond donors (Lipinski definition) is 0. The van der Waals surface area contributed by atoms with Crippen molar-refractivity contribution in [3.8, 4) is 12.3 Å². The van der Waals surface area contributed by atoms with Gasteiger partial charge in [-0.25, -0.2) is 0 Å². The minimum absolute atomic E-state index is 0.388. The summed E-state index contributed by atoms with van der Waals surface area (Å²) in [6.45, 7) is 2.51. The normalized spacial score (nSPS) is 10.0. The minimum atomic E-state index is 0.388. The molecule has 2 nitrogen and oxygen atoms in total. The quantitative estimate of drug-likeness (QED) is 0.267. The van der Waals surface area contributed by atoms with Crippen LogP contribution in [0.1, 0.15) is 25.7 Å². The Morgan fingerprint density at radius 2 is 1.64 bits per heavy atom. The second-order valence-electron chi connectivity index (χ2n) is 2.97. The molecule has 0 saturated carbocycles. The van der Waals surface area contributed by atoms with Crippen molar-refractivity contribution in [2.45, 2.75) is 25.7 Å². The van der Waals surface area contributed by atoms with Crippen molar-refractivity contribution in [3.63, 3.8) is 0 Å². The first-order valence-electron chi connectivity index (χ1n) is 5.06. The number of halogens is 1. The van der Waals surface area contributed by atoms with E-state index in [-0.39, 0.29) is 0 Å². The first kappa shape index (κ1) is 14.2. The van der Waals surface area contributed by atoms with E-state index >= 15 is 0 Å². The average molecular weight is 310 g/mol. The number of alkyl halides is 1. The lowest BCUT2D eigenvalue weighted by Gasteiger charge is -2.03. The Morgan fingerprint density at radius 3 is 2.36 bits per heavy atom. The van der Waals surface area contributed by atoms with Crippen molar-refractivity contribution in [1.29, 1.82) is 0 Å². The topological polar surface area (TPSA) is 18.5 Å². The van der Waals surface area contributed by atoms with Crippen LogP contribution in [0.4, 0.5) is 0 Å². The summed E-state index contributed by atoms with van der Waals surface area (Å²) >= 11 is 2.41. The molecule has 0 heterocycles. The van der Waals surface area contributed by atoms with Crippen LogP contribution in [0.2, 0.25) is 0 Å². The number of ether oxygens (including phenoxy) is 2. The van der Waals surface area contributed by atoms with Crippen molar-refractivity contribution in [2.24, 2.45) is 0 Å². The number of hydrogen-bond acceptors (Lipinski definition) is 2. The third kappa shape index (κ3) is 12.2. The van der Waals surface area contributed by atoms with Gasteiger partial charge in [0.2, 0.25) is 0 Å². The molecule has 0 unspecified atom stereocenters. The lowest BCUT2D eigenvalue weighted by atomic mass is 10.2. The largest absolute Gasteiger partial charge is 0.379 e. The smallest absolute Gasteiger partial charge is 0.107 e. The molecule has 0 N–H and O–H groups in total. The van der Waals surface area contributed by atoms with Gasteiger partial charge in [0.25, 0.3) is 0 Å². The third-order valence-corrected chi connectivity index (χ3v) is 2.49. The van der Waals surface area contributed by atoms with Crippen molar-refractivity contribution >= 4 is 22.6 Å². The average Bonchev–Trinajstić information content (AvgIpc) is 2.21. The molecule has 0 aliphatic heterocycles. The van der Waals surface area contributed by atoms with Crippen LogP contribution in [0, 0.1) is 12.3 Å². The van der Waals surface area contributed by atoms with Gasteiger partial charge in [-0.1, -0.05) is 41.4 Å². The molecule has 0 atom stereocenters. The highest BCUT2D eigenvalue weighted by molar-refractivity contribution is 14.1. The molecule has 82 valence electrons. The van der Waals surface area contributed by atoms with Crippen LogP contribution >= 0.6 is 22.6 Å². The number of rotatable bonds is 10. The zero-order chi connectivity index (χ0) is 10.5. The van der Waals surface area contributed by atoms with Crippen LogP contribution in [0.3, 0.4) is 0 Å². The highest BCUT2D eigenvalue weighted by Crippen LogP contribution is 2.02. The highest BCUT2D eigenvalue weighted by Gasteiger charge is 1.90. The van der Waals surface area contributed by atoms with Gasteiger partial charge in [0, 0.05) is 6.61 Å². The van der Waals surface area contributed by atoms with E-state index in [0.717, 1.165) is 13.0 Å². The van der Waals surface area contributed by atoms with Crippen LogP contribution in [-0.2, 0) is 9.47 Å². The van der Waals surface area contributed by atoms with E-state index in [0.29, 0.717) is 19.8 Å². The molecule has 0 aromatic rings. The van der Waals surface area contributed by atoms with Gasteiger partial charge < -0.3 is 9.47 Å². The molecule has 0 rings (SSSR count). The number of terminal acetylenes is 1. The first-order chi connectivity index (χ1) is 6.91. The van der Waals surface area contributed by atoms with E-state index in [2.05, 4.69) is 28.5 Å². The van der Waals surface area contributed by atoms with Gasteiger partial charge in [-0.15, -0.1) is 6.42 Å². The summed E-state index contributed by atoms with van der Waals surface area (Å²) in [4.78, 5) is 0. The summed E-state index contributed by atoms with van der Waals surface area (Å²) in [6.07, 6.45) is 10.1. The van der Waals surface area contributed by atoms with Crippen molar-refractivity contribution < 1.29 is 9.47 Å². The Labute approximate surface area is 101 Å². The molecule has 0 fully saturated rings. The molecule has 0 aromatic carbocycles. The van der Waals surface area contributed by atoms with Crippen molar-refractivity contribution in [3.05, 3.63) is 0 Å². The van der Waals surface area contributed by atoms with E-state index in [9.17, 15) is 0 Å². The van der Waals surface area contributed by atoms with Gasteiger partial charge in [-0.05, 0) is 17.3 Å². The fourth-order valence-corrected chi connectivity index (χ4v) is 1.54. The van der Waals surface area contributed by atoms with Crippen molar-refractivity contribution in [2.75, 3.05) is 30.9 Å². The minimum Gasteiger partial charge on any atom is -0.379 e. The van der Waals surface area contributed by atoms with Crippen LogP contribution in [0.5, 0.6) is 0 Å². The van der Waals surface area contributed by atoms with Gasteiger partial charge in [0.1, 0.15) is 6.61 Å². The summed E-state index contributed by atoms with van der Waals surface area (Å²) < 4.78 is 11.7. The predicted molar refractivity (Wildman–Crippen MR) is 67.8 cm³/mol. The fraction of sp³-hybridized carbons (Fsp3) is 0.818. The van der Waals surface area contributed by atoms with Gasteiger partial charge in [0.15, 0.2) is 0 Å². The molecule has 0 radical (unpaired) electrons. The van der Waals surface area contributed by atoms with E-state index < -0.39 is 0 Å². The lowest BCUT2D eigenvalue weighted by molar-refractivity contribution is 0.0584. The Morgan fingerprint density at radius 1 is 0.929 bits per heavy atom. The molecule has 0 bridgehead atoms. The van der Waals surface area contributed by atoms with Gasteiger partial charge >= 0.3 is 0 Å². The van der Waals surface area contributed by atoms with Crippen LogP contribution in [0.15, 0.2) is 0 Å². The zero-order valence-electron chi connectivity index (χ0n) is 8.64. The second-order valence-corrected chi connectivity index (χ2v) is 4.05. The molecule has 0 aliphatic carbocycles. The molecule has 3 heteroatoms. The highest BCUT2D eigenvalue weighted by atomic mass is 127. The molecule has 14 heavy (non-hydrogen) atoms. The third-order valence-electron chi connectivity index (χ3n) is 1.73. The summed E-state index contributed by atoms with van der Waals surface area (Å²) in [5.74, 6) is 2.41. The monoisotopic (exact) mass is 310 g/mol. The van der Waals surface area contributed by atoms with E-state index in [4.69, 9.17) is 15.9 Å². The fourth-order valence-electron chi connectivity index (χ4n) is 1.00. The van der Waals surface area contributed by atoms with Crippen LogP contribution < -0.4 is 0 Å². The van der Waals surface area contributed by atoms with E-state index in [1.54, 1.807) is 0 Å². The van der Waals surface area contributed by atoms with E-state index in [1.807, 2.05) is 0 Å². The van der Waals surface area contributed by atoms with Gasteiger partial charge in [-0.3, -0.25) is 0 Å². The maximum absolute atomic E-state index is 5.36. The SMILES string of the molecule is C#CCOCCOCCCCCCI. The molecular weight excluding hydrogens is 291 g/mol. The zero-order valence-corrected chi connectivity index (χ0v) is 10.8. The molecule has 0 aliphatic rings. The number of unbranched alkanes of at least 4 members (excludes halogenated alkanes) is 3. The standard InChI is InChI=1S/C11H19IO2/c1-2-8-13-10-11-14-9-6-4-3-5-7-12/h1H,3-11H2. The van der Waals surface area contributed by atoms with Crippen LogP contribution in [-0.4, -0.2) is 30.9 Å². The van der Waals surface area contributed by atoms with E-state index in [1.165, 1.54) is 23.7 Å². The van der Waals surface area contributed by atoms with Gasteiger partial charge in [-0.2, -0.15) is 0 Å². The summed E-state index contributed by atoms with van der Waals surface area (Å²) in [5, 5.41) is 0. The second kappa shape index (κ2) is 13.2. The lowest BCUT2D eigenvalue weighted by Crippen LogP contribution is -2.05. The van der Waals surface area contributed by atoms with Crippen LogP contribution in [0.25, 0.3) is 0 Å². The Bertz CT molecular complexity index is 143. The maximum atomic E-state index is 5.36. The molecule has 0 aromatic heterocycles. The summed E-state index contributed by atoms with van der Waals surface area (Å²) in [7, 11) is 0. The first-order valence-corrected chi connectivity index (χ1v) is 6.59. The Kier molecular flexibility index (Phi) is 13.4. The van der Waals surface area contributed by atoms with Gasteiger partial charge in [0.05, 0.1) is 13.2 Å². The summed E-state index contributed by atoms with van der Waals surface area (Å²) in [5.41, 5.74) is 0. The molecule has 0 saturated heterocycles. The Balaban J connectivity index is 2.82. The summed E-state index contributed by atoms with van der Waals surface area (Å²) in [6, 6.07) is 0. The molecular formula is C11H19IO2. The Hall–Kier alpha value is 0.210. The molecule has 0 amide bonds.